The van der Waals surface area contributed by atoms with Gasteiger partial charge in [-0.3, -0.25) is 19.0 Å². The number of benzene rings is 2. The Labute approximate surface area is 323 Å². The summed E-state index contributed by atoms with van der Waals surface area (Å²) in [4.78, 5) is 67.2. The van der Waals surface area contributed by atoms with Crippen LogP contribution in [0.3, 0.4) is 0 Å². The molecule has 18 heteroatoms. The maximum Gasteiger partial charge on any atom is 0.408 e. The lowest BCUT2D eigenvalue weighted by molar-refractivity contribution is -0.131. The van der Waals surface area contributed by atoms with Crippen molar-refractivity contribution in [2.24, 2.45) is 0 Å². The van der Waals surface area contributed by atoms with Gasteiger partial charge in [0.2, 0.25) is 17.7 Å². The summed E-state index contributed by atoms with van der Waals surface area (Å²) in [6.07, 6.45) is -0.366. The van der Waals surface area contributed by atoms with Crippen LogP contribution in [-0.2, 0) is 36.9 Å². The SMILES string of the molecule is COc1ccc(CC(NC(=O)C(CCCCNC(C)=O)NC(=O)OCc2ccccc2)C(=O)N[C@H]2[C@@H](O)[C@H](n3cnc4c(N(C)C)ncnc43)O[C@@H]2CO)cc1. The van der Waals surface area contributed by atoms with E-state index in [9.17, 15) is 29.4 Å². The van der Waals surface area contributed by atoms with Crippen molar-refractivity contribution in [3.63, 3.8) is 0 Å². The van der Waals surface area contributed by atoms with Crippen LogP contribution in [-0.4, -0.2) is 118 Å². The Balaban J connectivity index is 1.35. The minimum atomic E-state index is -1.37. The smallest absolute Gasteiger partial charge is 0.408 e. The fraction of sp³-hybridized carbons (Fsp3) is 0.447. The average molecular weight is 776 g/mol. The van der Waals surface area contributed by atoms with Crippen LogP contribution in [0.1, 0.15) is 43.5 Å². The highest BCUT2D eigenvalue weighted by molar-refractivity contribution is 5.91. The van der Waals surface area contributed by atoms with Crippen LogP contribution >= 0.6 is 0 Å². The Kier molecular flexibility index (Phi) is 14.5. The van der Waals surface area contributed by atoms with Gasteiger partial charge < -0.3 is 50.6 Å². The summed E-state index contributed by atoms with van der Waals surface area (Å²) in [6, 6.07) is 12.5. The van der Waals surface area contributed by atoms with Gasteiger partial charge in [-0.2, -0.15) is 0 Å². The molecule has 2 aromatic carbocycles. The quantitative estimate of drug-likeness (QED) is 0.0775. The second-order valence-corrected chi connectivity index (χ2v) is 13.5. The minimum Gasteiger partial charge on any atom is -0.497 e. The Morgan fingerprint density at radius 3 is 2.38 bits per heavy atom. The molecule has 56 heavy (non-hydrogen) atoms. The molecule has 0 aliphatic carbocycles. The molecule has 2 unspecified atom stereocenters. The van der Waals surface area contributed by atoms with Crippen molar-refractivity contribution in [1.29, 1.82) is 0 Å². The van der Waals surface area contributed by atoms with Crippen molar-refractivity contribution >= 4 is 40.8 Å². The lowest BCUT2D eigenvalue weighted by Gasteiger charge is -2.26. The van der Waals surface area contributed by atoms with Crippen molar-refractivity contribution < 1.29 is 43.6 Å². The van der Waals surface area contributed by atoms with Gasteiger partial charge in [-0.1, -0.05) is 42.5 Å². The Morgan fingerprint density at radius 2 is 1.70 bits per heavy atom. The molecule has 1 aliphatic heterocycles. The molecule has 0 bridgehead atoms. The molecule has 6 atom stereocenters. The lowest BCUT2D eigenvalue weighted by Crippen LogP contribution is -2.58. The minimum absolute atomic E-state index is 0.0164. The van der Waals surface area contributed by atoms with Gasteiger partial charge in [0.15, 0.2) is 23.2 Å². The summed E-state index contributed by atoms with van der Waals surface area (Å²) in [7, 11) is 5.14. The zero-order valence-corrected chi connectivity index (χ0v) is 31.8. The number of unbranched alkanes of at least 4 members (excludes halogenated alkanes) is 1. The van der Waals surface area contributed by atoms with Crippen molar-refractivity contribution in [3.05, 3.63) is 78.4 Å². The zero-order valence-electron chi connectivity index (χ0n) is 31.8. The molecule has 1 fully saturated rings. The number of aliphatic hydroxyl groups is 2. The molecule has 300 valence electrons. The molecule has 2 aromatic heterocycles. The van der Waals surface area contributed by atoms with E-state index in [4.69, 9.17) is 14.2 Å². The highest BCUT2D eigenvalue weighted by Gasteiger charge is 2.46. The van der Waals surface area contributed by atoms with Crippen molar-refractivity contribution in [2.45, 2.75) is 75.8 Å². The topological polar surface area (TPSA) is 231 Å². The number of nitrogens with one attached hydrogen (secondary N) is 4. The number of alkyl carbamates (subject to hydrolysis) is 1. The molecule has 3 heterocycles. The summed E-state index contributed by atoms with van der Waals surface area (Å²) in [6.45, 7) is 1.21. The normalized spacial score (nSPS) is 18.8. The molecule has 4 amide bonds. The lowest BCUT2D eigenvalue weighted by atomic mass is 10.0. The van der Waals surface area contributed by atoms with E-state index in [1.54, 1.807) is 55.4 Å². The first kappa shape index (κ1) is 41.3. The van der Waals surface area contributed by atoms with Gasteiger partial charge in [-0.05, 0) is 42.5 Å². The molecule has 6 N–H and O–H groups in total. The summed E-state index contributed by atoms with van der Waals surface area (Å²) in [5.41, 5.74) is 2.27. The number of ether oxygens (including phenoxy) is 3. The number of rotatable bonds is 18. The van der Waals surface area contributed by atoms with E-state index in [-0.39, 0.29) is 25.4 Å². The zero-order chi connectivity index (χ0) is 40.2. The predicted molar refractivity (Wildman–Crippen MR) is 203 cm³/mol. The fourth-order valence-electron chi connectivity index (χ4n) is 6.32. The number of anilines is 1. The number of hydrogen-bond donors (Lipinski definition) is 6. The monoisotopic (exact) mass is 775 g/mol. The van der Waals surface area contributed by atoms with Gasteiger partial charge in [0.1, 0.15) is 43.0 Å². The van der Waals surface area contributed by atoms with E-state index >= 15 is 0 Å². The van der Waals surface area contributed by atoms with Crippen molar-refractivity contribution in [2.75, 3.05) is 39.3 Å². The Morgan fingerprint density at radius 1 is 0.946 bits per heavy atom. The van der Waals surface area contributed by atoms with Crippen LogP contribution < -0.4 is 30.9 Å². The number of amides is 4. The van der Waals surface area contributed by atoms with Crippen LogP contribution in [0.5, 0.6) is 5.75 Å². The van der Waals surface area contributed by atoms with Gasteiger partial charge in [-0.25, -0.2) is 19.7 Å². The summed E-state index contributed by atoms with van der Waals surface area (Å²) >= 11 is 0. The second kappa shape index (κ2) is 19.7. The molecule has 4 aromatic rings. The van der Waals surface area contributed by atoms with Crippen LogP contribution in [0.25, 0.3) is 11.2 Å². The first-order valence-corrected chi connectivity index (χ1v) is 18.2. The first-order chi connectivity index (χ1) is 27.0. The first-order valence-electron chi connectivity index (χ1n) is 18.2. The second-order valence-electron chi connectivity index (χ2n) is 13.5. The predicted octanol–water partition coefficient (Wildman–Crippen LogP) is 0.965. The molecule has 0 radical (unpaired) electrons. The summed E-state index contributed by atoms with van der Waals surface area (Å²) < 4.78 is 18.2. The molecule has 1 saturated heterocycles. The van der Waals surface area contributed by atoms with Crippen molar-refractivity contribution in [1.82, 2.24) is 40.8 Å². The third kappa shape index (κ3) is 10.7. The fourth-order valence-corrected chi connectivity index (χ4v) is 6.32. The van der Waals surface area contributed by atoms with Gasteiger partial charge in [0.25, 0.3) is 0 Å². The summed E-state index contributed by atoms with van der Waals surface area (Å²) in [5, 5.41) is 32.8. The number of imidazole rings is 1. The number of aromatic nitrogens is 4. The maximum atomic E-state index is 14.2. The number of carbonyl (C=O) groups is 4. The average Bonchev–Trinajstić information content (AvgIpc) is 3.76. The van der Waals surface area contributed by atoms with E-state index in [1.807, 2.05) is 18.2 Å². The van der Waals surface area contributed by atoms with E-state index < -0.39 is 61.1 Å². The standard InChI is InChI=1S/C38H49N9O9/c1-23(49)39-17-9-8-12-27(44-38(53)55-20-25-10-6-5-7-11-25)35(51)43-28(18-24-13-15-26(54-4)16-14-24)36(52)45-30-29(19-48)56-37(32(30)50)47-22-42-31-33(46(2)3)40-21-41-34(31)47/h5-7,10-11,13-16,21-22,27-30,32,37,48,50H,8-9,12,17-20H2,1-4H3,(H,39,49)(H,43,51)(H,44,53)(H,45,52)/t27?,28?,29-,30-,32-,37-/m1/s1. The molecule has 18 nitrogen and oxygen atoms in total. The van der Waals surface area contributed by atoms with Gasteiger partial charge >= 0.3 is 6.09 Å². The van der Waals surface area contributed by atoms with Crippen LogP contribution in [0.15, 0.2) is 67.3 Å². The third-order valence-corrected chi connectivity index (χ3v) is 9.25. The molecular formula is C38H49N9O9. The molecule has 0 spiro atoms. The molecular weight excluding hydrogens is 726 g/mol. The van der Waals surface area contributed by atoms with Gasteiger partial charge in [0, 0.05) is 34.0 Å². The number of aliphatic hydroxyl groups excluding tert-OH is 2. The van der Waals surface area contributed by atoms with Gasteiger partial charge in [-0.15, -0.1) is 0 Å². The highest BCUT2D eigenvalue weighted by Crippen LogP contribution is 2.32. The molecule has 5 rings (SSSR count). The molecule has 1 aliphatic rings. The van der Waals surface area contributed by atoms with Crippen LogP contribution in [0.2, 0.25) is 0 Å². The van der Waals surface area contributed by atoms with Crippen LogP contribution in [0, 0.1) is 0 Å². The summed E-state index contributed by atoms with van der Waals surface area (Å²) in [5.74, 6) is -0.380. The van der Waals surface area contributed by atoms with E-state index in [0.717, 1.165) is 5.56 Å². The Hall–Kier alpha value is -5.85. The number of hydrogen-bond acceptors (Lipinski definition) is 13. The van der Waals surface area contributed by atoms with E-state index in [1.165, 1.54) is 31.3 Å². The number of fused-ring (bicyclic) bond motifs is 1. The van der Waals surface area contributed by atoms with Crippen LogP contribution in [0.4, 0.5) is 10.6 Å². The highest BCUT2D eigenvalue weighted by atomic mass is 16.6. The van der Waals surface area contributed by atoms with Crippen molar-refractivity contribution in [3.8, 4) is 5.75 Å². The Bertz CT molecular complexity index is 1930. The third-order valence-electron chi connectivity index (χ3n) is 9.25. The van der Waals surface area contributed by atoms with E-state index in [0.29, 0.717) is 47.7 Å². The number of nitrogens with zero attached hydrogens (tertiary/aromatic N) is 5. The number of methoxy groups -OCH3 is 1. The molecule has 0 saturated carbocycles. The largest absolute Gasteiger partial charge is 0.497 e. The maximum absolute atomic E-state index is 14.2. The number of carbonyl (C=O) groups excluding carboxylic acids is 4. The van der Waals surface area contributed by atoms with Gasteiger partial charge in [0.05, 0.1) is 26.1 Å². The van der Waals surface area contributed by atoms with E-state index in [2.05, 4.69) is 36.2 Å².